The summed E-state index contributed by atoms with van der Waals surface area (Å²) in [5.41, 5.74) is 2.93. The van der Waals surface area contributed by atoms with Crippen molar-refractivity contribution in [1.29, 1.82) is 0 Å². The molecular weight excluding hydrogens is 238 g/mol. The van der Waals surface area contributed by atoms with Crippen LogP contribution in [0.5, 0.6) is 0 Å². The van der Waals surface area contributed by atoms with Crippen LogP contribution in [0.25, 0.3) is 6.08 Å². The Hall–Kier alpha value is -2.36. The van der Waals surface area contributed by atoms with Crippen LogP contribution in [0.1, 0.15) is 18.1 Å². The van der Waals surface area contributed by atoms with Gasteiger partial charge in [0, 0.05) is 30.6 Å². The monoisotopic (exact) mass is 255 g/mol. The number of benzene rings is 1. The normalized spacial score (nSPS) is 10.8. The van der Waals surface area contributed by atoms with Gasteiger partial charge in [-0.05, 0) is 30.2 Å². The third-order valence-electron chi connectivity index (χ3n) is 2.75. The van der Waals surface area contributed by atoms with Crippen molar-refractivity contribution in [2.24, 2.45) is 7.05 Å². The summed E-state index contributed by atoms with van der Waals surface area (Å²) in [6.45, 7) is 2.09. The van der Waals surface area contributed by atoms with Crippen LogP contribution in [0.2, 0.25) is 0 Å². The second-order valence-electron chi connectivity index (χ2n) is 4.32. The van der Waals surface area contributed by atoms with Gasteiger partial charge in [-0.2, -0.15) is 5.10 Å². The Morgan fingerprint density at radius 1 is 1.47 bits per heavy atom. The Morgan fingerprint density at radius 3 is 3.00 bits per heavy atom. The SMILES string of the molecule is CCc1cccc(NC(=O)/C=C/c2cnn(C)c2)c1. The molecule has 0 bridgehead atoms. The summed E-state index contributed by atoms with van der Waals surface area (Å²) < 4.78 is 1.70. The van der Waals surface area contributed by atoms with Gasteiger partial charge in [0.05, 0.1) is 6.20 Å². The summed E-state index contributed by atoms with van der Waals surface area (Å²) in [6, 6.07) is 7.85. The average Bonchev–Trinajstić information content (AvgIpc) is 2.82. The Morgan fingerprint density at radius 2 is 2.32 bits per heavy atom. The molecule has 1 N–H and O–H groups in total. The van der Waals surface area contributed by atoms with Gasteiger partial charge in [0.2, 0.25) is 5.91 Å². The van der Waals surface area contributed by atoms with Crippen LogP contribution in [0, 0.1) is 0 Å². The van der Waals surface area contributed by atoms with Crippen LogP contribution in [-0.2, 0) is 18.3 Å². The van der Waals surface area contributed by atoms with Gasteiger partial charge in [0.15, 0.2) is 0 Å². The molecule has 2 aromatic rings. The molecule has 1 aromatic heterocycles. The third-order valence-corrected chi connectivity index (χ3v) is 2.75. The van der Waals surface area contributed by atoms with Gasteiger partial charge >= 0.3 is 0 Å². The standard InChI is InChI=1S/C15H17N3O/c1-3-12-5-4-6-14(9-12)17-15(19)8-7-13-10-16-18(2)11-13/h4-11H,3H2,1-2H3,(H,17,19)/b8-7+. The lowest BCUT2D eigenvalue weighted by molar-refractivity contribution is -0.111. The molecule has 0 aliphatic heterocycles. The molecule has 0 fully saturated rings. The molecule has 0 aliphatic carbocycles. The van der Waals surface area contributed by atoms with Crippen LogP contribution in [0.4, 0.5) is 5.69 Å². The summed E-state index contributed by atoms with van der Waals surface area (Å²) in [7, 11) is 1.84. The highest BCUT2D eigenvalue weighted by atomic mass is 16.1. The van der Waals surface area contributed by atoms with E-state index in [0.717, 1.165) is 17.7 Å². The quantitative estimate of drug-likeness (QED) is 0.854. The van der Waals surface area contributed by atoms with E-state index in [1.807, 2.05) is 37.5 Å². The topological polar surface area (TPSA) is 46.9 Å². The van der Waals surface area contributed by atoms with Crippen LogP contribution >= 0.6 is 0 Å². The summed E-state index contributed by atoms with van der Waals surface area (Å²) in [4.78, 5) is 11.8. The van der Waals surface area contributed by atoms with Crippen LogP contribution in [0.15, 0.2) is 42.7 Å². The number of rotatable bonds is 4. The second kappa shape index (κ2) is 6.00. The Balaban J connectivity index is 1.99. The summed E-state index contributed by atoms with van der Waals surface area (Å²) in [6.07, 6.45) is 7.76. The maximum Gasteiger partial charge on any atom is 0.248 e. The molecule has 0 saturated heterocycles. The second-order valence-corrected chi connectivity index (χ2v) is 4.32. The summed E-state index contributed by atoms with van der Waals surface area (Å²) in [5, 5.41) is 6.88. The predicted molar refractivity (Wildman–Crippen MR) is 76.7 cm³/mol. The van der Waals surface area contributed by atoms with E-state index in [-0.39, 0.29) is 5.91 Å². The molecule has 0 spiro atoms. The number of amides is 1. The van der Waals surface area contributed by atoms with Crippen molar-refractivity contribution >= 4 is 17.7 Å². The fourth-order valence-electron chi connectivity index (χ4n) is 1.75. The van der Waals surface area contributed by atoms with Gasteiger partial charge in [-0.1, -0.05) is 19.1 Å². The first kappa shape index (κ1) is 13.1. The van der Waals surface area contributed by atoms with Crippen LogP contribution in [0.3, 0.4) is 0 Å². The van der Waals surface area contributed by atoms with Crippen molar-refractivity contribution in [1.82, 2.24) is 9.78 Å². The molecule has 0 unspecified atom stereocenters. The zero-order valence-corrected chi connectivity index (χ0v) is 11.1. The van der Waals surface area contributed by atoms with E-state index in [4.69, 9.17) is 0 Å². The van der Waals surface area contributed by atoms with E-state index in [0.29, 0.717) is 0 Å². The van der Waals surface area contributed by atoms with Gasteiger partial charge in [-0.25, -0.2) is 0 Å². The molecule has 1 aromatic carbocycles. The molecule has 0 radical (unpaired) electrons. The maximum atomic E-state index is 11.8. The van der Waals surface area contributed by atoms with E-state index in [1.165, 1.54) is 11.6 Å². The zero-order valence-electron chi connectivity index (χ0n) is 11.1. The number of hydrogen-bond acceptors (Lipinski definition) is 2. The lowest BCUT2D eigenvalue weighted by Gasteiger charge is -2.03. The first-order valence-electron chi connectivity index (χ1n) is 6.24. The van der Waals surface area contributed by atoms with Gasteiger partial charge in [0.25, 0.3) is 0 Å². The van der Waals surface area contributed by atoms with Crippen molar-refractivity contribution in [2.75, 3.05) is 5.32 Å². The van der Waals surface area contributed by atoms with Crippen LogP contribution < -0.4 is 5.32 Å². The molecule has 1 heterocycles. The number of anilines is 1. The smallest absolute Gasteiger partial charge is 0.248 e. The van der Waals surface area contributed by atoms with Crippen molar-refractivity contribution in [3.8, 4) is 0 Å². The molecule has 1 amide bonds. The molecular formula is C15H17N3O. The molecule has 19 heavy (non-hydrogen) atoms. The Bertz CT molecular complexity index is 599. The third kappa shape index (κ3) is 3.81. The number of nitrogens with one attached hydrogen (secondary N) is 1. The van der Waals surface area contributed by atoms with E-state index in [2.05, 4.69) is 17.3 Å². The van der Waals surface area contributed by atoms with Crippen molar-refractivity contribution in [3.63, 3.8) is 0 Å². The highest BCUT2D eigenvalue weighted by Gasteiger charge is 1.99. The highest BCUT2D eigenvalue weighted by molar-refractivity contribution is 6.01. The minimum Gasteiger partial charge on any atom is -0.323 e. The minimum absolute atomic E-state index is 0.142. The first-order chi connectivity index (χ1) is 9.17. The zero-order chi connectivity index (χ0) is 13.7. The van der Waals surface area contributed by atoms with Crippen molar-refractivity contribution in [2.45, 2.75) is 13.3 Å². The molecule has 2 rings (SSSR count). The minimum atomic E-state index is -0.142. The van der Waals surface area contributed by atoms with Gasteiger partial charge in [-0.15, -0.1) is 0 Å². The molecule has 4 nitrogen and oxygen atoms in total. The molecule has 98 valence electrons. The number of hydrogen-bond donors (Lipinski definition) is 1. The Kier molecular flexibility index (Phi) is 4.13. The molecule has 0 atom stereocenters. The number of aryl methyl sites for hydroxylation is 2. The first-order valence-corrected chi connectivity index (χ1v) is 6.24. The van der Waals surface area contributed by atoms with E-state index in [1.54, 1.807) is 17.0 Å². The summed E-state index contributed by atoms with van der Waals surface area (Å²) >= 11 is 0. The number of aromatic nitrogens is 2. The van der Waals surface area contributed by atoms with Gasteiger partial charge in [0.1, 0.15) is 0 Å². The van der Waals surface area contributed by atoms with E-state index in [9.17, 15) is 4.79 Å². The maximum absolute atomic E-state index is 11.8. The largest absolute Gasteiger partial charge is 0.323 e. The van der Waals surface area contributed by atoms with Crippen molar-refractivity contribution in [3.05, 3.63) is 53.9 Å². The Labute approximate surface area is 112 Å². The van der Waals surface area contributed by atoms with Crippen molar-refractivity contribution < 1.29 is 4.79 Å². The number of carbonyl (C=O) groups excluding carboxylic acids is 1. The molecule has 4 heteroatoms. The number of nitrogens with zero attached hydrogens (tertiary/aromatic N) is 2. The number of carbonyl (C=O) groups is 1. The summed E-state index contributed by atoms with van der Waals surface area (Å²) in [5.74, 6) is -0.142. The fourth-order valence-corrected chi connectivity index (χ4v) is 1.75. The lowest BCUT2D eigenvalue weighted by atomic mass is 10.1. The molecule has 0 saturated carbocycles. The fraction of sp³-hybridized carbons (Fsp3) is 0.200. The highest BCUT2D eigenvalue weighted by Crippen LogP contribution is 2.11. The van der Waals surface area contributed by atoms with Gasteiger partial charge in [-0.3, -0.25) is 9.48 Å². The van der Waals surface area contributed by atoms with E-state index < -0.39 is 0 Å². The van der Waals surface area contributed by atoms with Gasteiger partial charge < -0.3 is 5.32 Å². The lowest BCUT2D eigenvalue weighted by Crippen LogP contribution is -2.07. The average molecular weight is 255 g/mol. The predicted octanol–water partition coefficient (Wildman–Crippen LogP) is 2.63. The molecule has 0 aliphatic rings. The van der Waals surface area contributed by atoms with E-state index >= 15 is 0 Å². The van der Waals surface area contributed by atoms with Crippen LogP contribution in [-0.4, -0.2) is 15.7 Å².